The van der Waals surface area contributed by atoms with Gasteiger partial charge in [0.2, 0.25) is 0 Å². The number of methoxy groups -OCH3 is 2. The number of aryl methyl sites for hydroxylation is 1. The van der Waals surface area contributed by atoms with Crippen molar-refractivity contribution in [1.82, 2.24) is 0 Å². The summed E-state index contributed by atoms with van der Waals surface area (Å²) in [5.74, 6) is -1.41. The lowest BCUT2D eigenvalue weighted by Crippen LogP contribution is -2.16. The quantitative estimate of drug-likeness (QED) is 0.780. The minimum Gasteiger partial charge on any atom is -0.494 e. The van der Waals surface area contributed by atoms with Gasteiger partial charge in [-0.3, -0.25) is 4.72 Å². The molecule has 6 nitrogen and oxygen atoms in total. The van der Waals surface area contributed by atoms with E-state index in [1.807, 2.05) is 0 Å². The number of halogens is 1. The highest BCUT2D eigenvalue weighted by Gasteiger charge is 2.29. The molecule has 0 spiro atoms. The standard InChI is InChI=1S/C17H18FNO5S2/c1-23-13-8-7-10(9-12(13)18)26(21,22)19-16-15(17(20)24-2)11-5-3-4-6-14(11)25-16/h7-9,19H,3-6H2,1-2H3. The van der Waals surface area contributed by atoms with Crippen molar-refractivity contribution in [2.45, 2.75) is 30.6 Å². The van der Waals surface area contributed by atoms with Gasteiger partial charge in [-0.15, -0.1) is 11.3 Å². The summed E-state index contributed by atoms with van der Waals surface area (Å²) >= 11 is 1.23. The van der Waals surface area contributed by atoms with Gasteiger partial charge in [-0.2, -0.15) is 0 Å². The fraction of sp³-hybridized carbons (Fsp3) is 0.353. The molecule has 0 atom stereocenters. The summed E-state index contributed by atoms with van der Waals surface area (Å²) < 4.78 is 51.3. The molecule has 0 saturated heterocycles. The summed E-state index contributed by atoms with van der Waals surface area (Å²) in [6.07, 6.45) is 3.42. The second-order valence-corrected chi connectivity index (χ2v) is 8.60. The highest BCUT2D eigenvalue weighted by Crippen LogP contribution is 2.39. The number of carbonyl (C=O) groups is 1. The van der Waals surface area contributed by atoms with Gasteiger partial charge in [0, 0.05) is 4.88 Å². The van der Waals surface area contributed by atoms with Gasteiger partial charge in [0.25, 0.3) is 10.0 Å². The van der Waals surface area contributed by atoms with Crippen molar-refractivity contribution in [3.63, 3.8) is 0 Å². The number of thiophene rings is 1. The molecule has 0 amide bonds. The first kappa shape index (κ1) is 18.7. The molecule has 0 aliphatic heterocycles. The monoisotopic (exact) mass is 399 g/mol. The van der Waals surface area contributed by atoms with Crippen LogP contribution in [0.4, 0.5) is 9.39 Å². The maximum Gasteiger partial charge on any atom is 0.341 e. The lowest BCUT2D eigenvalue weighted by Gasteiger charge is -2.12. The molecule has 2 aromatic rings. The van der Waals surface area contributed by atoms with Crippen molar-refractivity contribution in [3.05, 3.63) is 40.0 Å². The van der Waals surface area contributed by atoms with Gasteiger partial charge in [0.05, 0.1) is 24.7 Å². The first-order valence-corrected chi connectivity index (χ1v) is 10.3. The van der Waals surface area contributed by atoms with E-state index < -0.39 is 21.8 Å². The Morgan fingerprint density at radius 3 is 2.62 bits per heavy atom. The number of benzene rings is 1. The van der Waals surface area contributed by atoms with Crippen LogP contribution < -0.4 is 9.46 Å². The zero-order chi connectivity index (χ0) is 18.9. The number of fused-ring (bicyclic) bond motifs is 1. The number of rotatable bonds is 5. The first-order chi connectivity index (χ1) is 12.4. The van der Waals surface area contributed by atoms with Gasteiger partial charge in [-0.1, -0.05) is 0 Å². The third kappa shape index (κ3) is 3.41. The smallest absolute Gasteiger partial charge is 0.341 e. The van der Waals surface area contributed by atoms with Crippen molar-refractivity contribution in [2.24, 2.45) is 0 Å². The van der Waals surface area contributed by atoms with E-state index in [1.54, 1.807) is 0 Å². The normalized spacial score (nSPS) is 13.8. The molecular formula is C17H18FNO5S2. The number of hydrogen-bond donors (Lipinski definition) is 1. The molecule has 0 bridgehead atoms. The molecule has 1 heterocycles. The molecule has 1 aliphatic carbocycles. The van der Waals surface area contributed by atoms with Crippen molar-refractivity contribution >= 4 is 32.3 Å². The van der Waals surface area contributed by atoms with Crippen LogP contribution in [-0.2, 0) is 27.6 Å². The van der Waals surface area contributed by atoms with Gasteiger partial charge < -0.3 is 9.47 Å². The van der Waals surface area contributed by atoms with Crippen molar-refractivity contribution in [2.75, 3.05) is 18.9 Å². The summed E-state index contributed by atoms with van der Waals surface area (Å²) in [4.78, 5) is 12.9. The van der Waals surface area contributed by atoms with E-state index in [4.69, 9.17) is 9.47 Å². The maximum atomic E-state index is 13.9. The van der Waals surface area contributed by atoms with Crippen LogP contribution in [0, 0.1) is 5.82 Å². The van der Waals surface area contributed by atoms with Crippen molar-refractivity contribution < 1.29 is 27.1 Å². The van der Waals surface area contributed by atoms with E-state index in [-0.39, 0.29) is 21.2 Å². The molecule has 0 radical (unpaired) electrons. The third-order valence-corrected chi connectivity index (χ3v) is 6.91. The second kappa shape index (κ2) is 7.24. The summed E-state index contributed by atoms with van der Waals surface area (Å²) in [5, 5.41) is 0.208. The van der Waals surface area contributed by atoms with E-state index in [2.05, 4.69) is 4.72 Å². The Hall–Kier alpha value is -2.13. The highest BCUT2D eigenvalue weighted by molar-refractivity contribution is 7.93. The number of carbonyl (C=O) groups excluding carboxylic acids is 1. The van der Waals surface area contributed by atoms with Gasteiger partial charge in [-0.25, -0.2) is 17.6 Å². The van der Waals surface area contributed by atoms with E-state index >= 15 is 0 Å². The largest absolute Gasteiger partial charge is 0.494 e. The second-order valence-electron chi connectivity index (χ2n) is 5.81. The molecule has 3 rings (SSSR count). The predicted molar refractivity (Wildman–Crippen MR) is 96.1 cm³/mol. The van der Waals surface area contributed by atoms with Gasteiger partial charge in [0.1, 0.15) is 5.00 Å². The minimum absolute atomic E-state index is 0.0502. The fourth-order valence-corrected chi connectivity index (χ4v) is 5.55. The highest BCUT2D eigenvalue weighted by atomic mass is 32.2. The molecule has 1 aliphatic rings. The SMILES string of the molecule is COC(=O)c1c(NS(=O)(=O)c2ccc(OC)c(F)c2)sc2c1CCCC2. The third-order valence-electron chi connectivity index (χ3n) is 4.22. The lowest BCUT2D eigenvalue weighted by molar-refractivity contribution is 0.0601. The fourth-order valence-electron chi connectivity index (χ4n) is 2.95. The zero-order valence-electron chi connectivity index (χ0n) is 14.3. The molecule has 140 valence electrons. The molecule has 0 unspecified atom stereocenters. The van der Waals surface area contributed by atoms with Gasteiger partial charge in [0.15, 0.2) is 11.6 Å². The van der Waals surface area contributed by atoms with Crippen LogP contribution in [0.25, 0.3) is 0 Å². The number of esters is 1. The Morgan fingerprint density at radius 2 is 1.96 bits per heavy atom. The lowest BCUT2D eigenvalue weighted by atomic mass is 9.95. The predicted octanol–water partition coefficient (Wildman–Crippen LogP) is 3.36. The van der Waals surface area contributed by atoms with Crippen LogP contribution in [-0.4, -0.2) is 28.6 Å². The van der Waals surface area contributed by atoms with Gasteiger partial charge >= 0.3 is 5.97 Å². The van der Waals surface area contributed by atoms with Crippen LogP contribution in [0.1, 0.15) is 33.6 Å². The topological polar surface area (TPSA) is 81.7 Å². The molecule has 1 aromatic heterocycles. The average Bonchev–Trinajstić information content (AvgIpc) is 2.98. The molecular weight excluding hydrogens is 381 g/mol. The molecule has 9 heteroatoms. The molecule has 1 aromatic carbocycles. The average molecular weight is 399 g/mol. The van der Waals surface area contributed by atoms with Gasteiger partial charge in [-0.05, 0) is 49.4 Å². The minimum atomic E-state index is -4.07. The van der Waals surface area contributed by atoms with Crippen LogP contribution in [0.3, 0.4) is 0 Å². The molecule has 0 fully saturated rings. The number of sulfonamides is 1. The van der Waals surface area contributed by atoms with Crippen molar-refractivity contribution in [3.8, 4) is 5.75 Å². The number of ether oxygens (including phenoxy) is 2. The Balaban J connectivity index is 2.01. The summed E-state index contributed by atoms with van der Waals surface area (Å²) in [6.45, 7) is 0. The molecule has 26 heavy (non-hydrogen) atoms. The molecule has 1 N–H and O–H groups in total. The Bertz CT molecular complexity index is 952. The van der Waals surface area contributed by atoms with Crippen LogP contribution in [0.5, 0.6) is 5.75 Å². The van der Waals surface area contributed by atoms with E-state index in [9.17, 15) is 17.6 Å². The Morgan fingerprint density at radius 1 is 1.23 bits per heavy atom. The summed E-state index contributed by atoms with van der Waals surface area (Å²) in [6, 6.07) is 3.37. The van der Waals surface area contributed by atoms with Crippen LogP contribution >= 0.6 is 11.3 Å². The summed E-state index contributed by atoms with van der Waals surface area (Å²) in [5.41, 5.74) is 1.09. The Labute approximate surface area is 155 Å². The summed E-state index contributed by atoms with van der Waals surface area (Å²) in [7, 11) is -1.52. The van der Waals surface area contributed by atoms with Crippen LogP contribution in [0.2, 0.25) is 0 Å². The number of nitrogens with one attached hydrogen (secondary N) is 1. The Kier molecular flexibility index (Phi) is 5.19. The number of anilines is 1. The van der Waals surface area contributed by atoms with E-state index in [1.165, 1.54) is 37.7 Å². The molecule has 0 saturated carbocycles. The first-order valence-electron chi connectivity index (χ1n) is 7.96. The maximum absolute atomic E-state index is 13.9. The van der Waals surface area contributed by atoms with E-state index in [0.717, 1.165) is 35.8 Å². The zero-order valence-corrected chi connectivity index (χ0v) is 15.9. The van der Waals surface area contributed by atoms with Crippen molar-refractivity contribution in [1.29, 1.82) is 0 Å². The van der Waals surface area contributed by atoms with Crippen LogP contribution in [0.15, 0.2) is 23.1 Å². The van der Waals surface area contributed by atoms with E-state index in [0.29, 0.717) is 6.42 Å². The number of hydrogen-bond acceptors (Lipinski definition) is 6.